The van der Waals surface area contributed by atoms with Crippen molar-refractivity contribution in [2.24, 2.45) is 0 Å². The summed E-state index contributed by atoms with van der Waals surface area (Å²) in [5, 5.41) is 2.74. The van der Waals surface area contributed by atoms with Gasteiger partial charge < -0.3 is 14.6 Å². The second-order valence-corrected chi connectivity index (χ2v) is 5.26. The normalized spacial score (nSPS) is 11.3. The minimum atomic E-state index is -0.450. The fraction of sp³-hybridized carbons (Fsp3) is 0.692. The van der Waals surface area contributed by atoms with Crippen molar-refractivity contribution in [3.63, 3.8) is 0 Å². The summed E-state index contributed by atoms with van der Waals surface area (Å²) in [6.07, 6.45) is 5.13. The Balaban J connectivity index is 2.33. The van der Waals surface area contributed by atoms with Crippen molar-refractivity contribution >= 4 is 6.09 Å². The number of carbonyl (C=O) groups excluding carboxylic acids is 1. The number of aromatic nitrogens is 2. The highest BCUT2D eigenvalue weighted by Crippen LogP contribution is 2.06. The van der Waals surface area contributed by atoms with Gasteiger partial charge in [-0.15, -0.1) is 0 Å². The van der Waals surface area contributed by atoms with Crippen LogP contribution in [-0.2, 0) is 17.7 Å². The first-order valence-corrected chi connectivity index (χ1v) is 6.38. The fourth-order valence-electron chi connectivity index (χ4n) is 1.61. The molecule has 0 saturated carbocycles. The van der Waals surface area contributed by atoms with Crippen LogP contribution in [0.2, 0.25) is 0 Å². The molecule has 0 radical (unpaired) electrons. The predicted octanol–water partition coefficient (Wildman–Crippen LogP) is 2.36. The molecule has 0 aliphatic rings. The lowest BCUT2D eigenvalue weighted by Crippen LogP contribution is -2.33. The molecule has 0 unspecified atom stereocenters. The Bertz CT molecular complexity index is 380. The van der Waals surface area contributed by atoms with Gasteiger partial charge in [0.2, 0.25) is 0 Å². The van der Waals surface area contributed by atoms with E-state index in [0.29, 0.717) is 6.54 Å². The molecule has 1 aromatic rings. The molecule has 0 aromatic carbocycles. The quantitative estimate of drug-likeness (QED) is 0.876. The Morgan fingerprint density at radius 1 is 1.50 bits per heavy atom. The highest BCUT2D eigenvalue weighted by atomic mass is 16.6. The Kier molecular flexibility index (Phi) is 5.19. The molecule has 0 aliphatic heterocycles. The molecule has 0 bridgehead atoms. The first kappa shape index (κ1) is 14.5. The predicted molar refractivity (Wildman–Crippen MR) is 70.5 cm³/mol. The minimum Gasteiger partial charge on any atom is -0.444 e. The van der Waals surface area contributed by atoms with E-state index in [0.717, 1.165) is 25.1 Å². The van der Waals surface area contributed by atoms with Crippen molar-refractivity contribution in [2.45, 2.75) is 52.7 Å². The van der Waals surface area contributed by atoms with Crippen molar-refractivity contribution in [1.29, 1.82) is 0 Å². The van der Waals surface area contributed by atoms with Crippen molar-refractivity contribution in [2.75, 3.05) is 6.54 Å². The van der Waals surface area contributed by atoms with Gasteiger partial charge in [0, 0.05) is 31.4 Å². The highest BCUT2D eigenvalue weighted by molar-refractivity contribution is 5.67. The zero-order valence-corrected chi connectivity index (χ0v) is 11.7. The fourth-order valence-corrected chi connectivity index (χ4v) is 1.61. The summed E-state index contributed by atoms with van der Waals surface area (Å²) < 4.78 is 7.27. The van der Waals surface area contributed by atoms with Crippen molar-refractivity contribution in [1.82, 2.24) is 14.9 Å². The number of nitrogens with zero attached hydrogens (tertiary/aromatic N) is 2. The van der Waals surface area contributed by atoms with Gasteiger partial charge in [0.25, 0.3) is 0 Å². The molecule has 1 amide bonds. The van der Waals surface area contributed by atoms with Gasteiger partial charge in [-0.05, 0) is 27.2 Å². The summed E-state index contributed by atoms with van der Waals surface area (Å²) in [5.74, 6) is 0. The summed E-state index contributed by atoms with van der Waals surface area (Å²) >= 11 is 0. The van der Waals surface area contributed by atoms with Gasteiger partial charge in [-0.25, -0.2) is 9.78 Å². The first-order chi connectivity index (χ1) is 8.42. The molecule has 18 heavy (non-hydrogen) atoms. The third kappa shape index (κ3) is 5.21. The number of ether oxygens (including phenoxy) is 1. The molecular weight excluding hydrogens is 230 g/mol. The molecule has 102 valence electrons. The largest absolute Gasteiger partial charge is 0.444 e. The number of amides is 1. The number of hydrogen-bond donors (Lipinski definition) is 1. The highest BCUT2D eigenvalue weighted by Gasteiger charge is 2.15. The van der Waals surface area contributed by atoms with E-state index >= 15 is 0 Å². The second kappa shape index (κ2) is 6.42. The number of rotatable bonds is 5. The van der Waals surface area contributed by atoms with E-state index in [9.17, 15) is 4.79 Å². The summed E-state index contributed by atoms with van der Waals surface area (Å²) in [4.78, 5) is 15.6. The average molecular weight is 253 g/mol. The number of aryl methyl sites for hydroxylation is 1. The number of nitrogens with one attached hydrogen (secondary N) is 1. The van der Waals surface area contributed by atoms with Crippen LogP contribution >= 0.6 is 0 Å². The third-order valence-corrected chi connectivity index (χ3v) is 2.31. The Hall–Kier alpha value is -1.52. The van der Waals surface area contributed by atoms with Gasteiger partial charge >= 0.3 is 6.09 Å². The molecule has 5 heteroatoms. The molecule has 1 rings (SSSR count). The lowest BCUT2D eigenvalue weighted by molar-refractivity contribution is 0.0528. The number of imidazole rings is 1. The molecule has 5 nitrogen and oxygen atoms in total. The Labute approximate surface area is 109 Å². The van der Waals surface area contributed by atoms with Gasteiger partial charge in [-0.3, -0.25) is 0 Å². The number of alkyl carbamates (subject to hydrolysis) is 1. The maximum Gasteiger partial charge on any atom is 0.407 e. The van der Waals surface area contributed by atoms with Crippen molar-refractivity contribution in [3.05, 3.63) is 18.2 Å². The summed E-state index contributed by atoms with van der Waals surface area (Å²) in [7, 11) is 0. The number of carbonyl (C=O) groups is 1. The summed E-state index contributed by atoms with van der Waals surface area (Å²) in [6, 6.07) is 0. The van der Waals surface area contributed by atoms with Crippen LogP contribution in [0.1, 0.15) is 39.8 Å². The maximum absolute atomic E-state index is 11.4. The first-order valence-electron chi connectivity index (χ1n) is 6.38. The Morgan fingerprint density at radius 3 is 2.83 bits per heavy atom. The lowest BCUT2D eigenvalue weighted by atomic mass is 10.2. The molecule has 1 heterocycles. The van der Waals surface area contributed by atoms with E-state index in [1.807, 2.05) is 33.3 Å². The van der Waals surface area contributed by atoms with E-state index in [1.165, 1.54) is 0 Å². The molecule has 0 saturated heterocycles. The topological polar surface area (TPSA) is 56.2 Å². The zero-order chi connectivity index (χ0) is 13.6. The maximum atomic E-state index is 11.4. The Morgan fingerprint density at radius 2 is 2.22 bits per heavy atom. The zero-order valence-electron chi connectivity index (χ0n) is 11.7. The van der Waals surface area contributed by atoms with Crippen LogP contribution in [0.25, 0.3) is 0 Å². The standard InChI is InChI=1S/C13H23N3O2/c1-5-8-16-10-14-9-11(16)6-7-15-12(17)18-13(2,3)4/h9-10H,5-8H2,1-4H3,(H,15,17). The van der Waals surface area contributed by atoms with Gasteiger partial charge in [-0.1, -0.05) is 6.92 Å². The smallest absolute Gasteiger partial charge is 0.407 e. The monoisotopic (exact) mass is 253 g/mol. The van der Waals surface area contributed by atoms with Crippen LogP contribution in [0.3, 0.4) is 0 Å². The van der Waals surface area contributed by atoms with Crippen LogP contribution < -0.4 is 5.32 Å². The van der Waals surface area contributed by atoms with Crippen LogP contribution in [-0.4, -0.2) is 27.8 Å². The van der Waals surface area contributed by atoms with E-state index in [4.69, 9.17) is 4.74 Å². The number of hydrogen-bond acceptors (Lipinski definition) is 3. The van der Waals surface area contributed by atoms with E-state index in [1.54, 1.807) is 0 Å². The minimum absolute atomic E-state index is 0.371. The molecular formula is C13H23N3O2. The molecule has 1 N–H and O–H groups in total. The van der Waals surface area contributed by atoms with Gasteiger partial charge in [0.1, 0.15) is 5.60 Å². The van der Waals surface area contributed by atoms with E-state index in [2.05, 4.69) is 21.8 Å². The molecule has 0 atom stereocenters. The third-order valence-electron chi connectivity index (χ3n) is 2.31. The summed E-state index contributed by atoms with van der Waals surface area (Å²) in [6.45, 7) is 9.20. The van der Waals surface area contributed by atoms with Gasteiger partial charge in [0.15, 0.2) is 0 Å². The van der Waals surface area contributed by atoms with Crippen molar-refractivity contribution < 1.29 is 9.53 Å². The van der Waals surface area contributed by atoms with E-state index in [-0.39, 0.29) is 6.09 Å². The molecule has 0 fully saturated rings. The average Bonchev–Trinajstić information content (AvgIpc) is 2.64. The van der Waals surface area contributed by atoms with Gasteiger partial charge in [0.05, 0.1) is 6.33 Å². The van der Waals surface area contributed by atoms with Crippen LogP contribution in [0.15, 0.2) is 12.5 Å². The molecule has 0 aliphatic carbocycles. The van der Waals surface area contributed by atoms with E-state index < -0.39 is 5.60 Å². The molecule has 1 aromatic heterocycles. The summed E-state index contributed by atoms with van der Waals surface area (Å²) in [5.41, 5.74) is 0.682. The second-order valence-electron chi connectivity index (χ2n) is 5.26. The van der Waals surface area contributed by atoms with Gasteiger partial charge in [-0.2, -0.15) is 0 Å². The lowest BCUT2D eigenvalue weighted by Gasteiger charge is -2.19. The molecule has 0 spiro atoms. The van der Waals surface area contributed by atoms with Crippen LogP contribution in [0.5, 0.6) is 0 Å². The van der Waals surface area contributed by atoms with Crippen LogP contribution in [0.4, 0.5) is 4.79 Å². The SMILES string of the molecule is CCCn1cncc1CCNC(=O)OC(C)(C)C. The van der Waals surface area contributed by atoms with Crippen molar-refractivity contribution in [3.8, 4) is 0 Å². The van der Waals surface area contributed by atoms with Crippen LogP contribution in [0, 0.1) is 0 Å².